The van der Waals surface area contributed by atoms with Crippen LogP contribution >= 0.6 is 0 Å². The number of piperidine rings is 1. The molecule has 1 atom stereocenters. The van der Waals surface area contributed by atoms with Gasteiger partial charge in [0.2, 0.25) is 0 Å². The van der Waals surface area contributed by atoms with Crippen LogP contribution in [-0.2, 0) is 19.5 Å². The fourth-order valence-corrected chi connectivity index (χ4v) is 4.38. The molecule has 1 saturated heterocycles. The number of imidazole rings is 1. The van der Waals surface area contributed by atoms with Crippen LogP contribution in [0.3, 0.4) is 0 Å². The van der Waals surface area contributed by atoms with Crippen molar-refractivity contribution < 1.29 is 14.0 Å². The third kappa shape index (κ3) is 3.57. The van der Waals surface area contributed by atoms with Gasteiger partial charge in [0.15, 0.2) is 5.82 Å². The maximum absolute atomic E-state index is 13.3. The van der Waals surface area contributed by atoms with Crippen LogP contribution in [0, 0.1) is 0 Å². The molecule has 1 N–H and O–H groups in total. The molecule has 2 aliphatic rings. The van der Waals surface area contributed by atoms with E-state index in [9.17, 15) is 9.59 Å². The quantitative estimate of drug-likeness (QED) is 0.859. The number of amides is 2. The first kappa shape index (κ1) is 18.8. The van der Waals surface area contributed by atoms with Gasteiger partial charge in [0, 0.05) is 19.1 Å². The number of carbonyl (C=O) groups excluding carboxylic acids is 2. The molecule has 7 heteroatoms. The molecule has 4 rings (SSSR count). The minimum Gasteiger partial charge on any atom is -0.467 e. The van der Waals surface area contributed by atoms with Gasteiger partial charge in [0.05, 0.1) is 18.5 Å². The van der Waals surface area contributed by atoms with Gasteiger partial charge in [-0.1, -0.05) is 6.92 Å². The van der Waals surface area contributed by atoms with E-state index in [1.165, 1.54) is 6.42 Å². The van der Waals surface area contributed by atoms with E-state index in [0.717, 1.165) is 57.3 Å². The van der Waals surface area contributed by atoms with E-state index in [1.54, 1.807) is 12.3 Å². The molecule has 4 heterocycles. The molecule has 0 bridgehead atoms. The summed E-state index contributed by atoms with van der Waals surface area (Å²) in [4.78, 5) is 32.7. The Hall–Kier alpha value is -2.57. The first-order valence-corrected chi connectivity index (χ1v) is 10.4. The van der Waals surface area contributed by atoms with Crippen molar-refractivity contribution in [3.05, 3.63) is 41.4 Å². The molecular formula is C21H28N4O3. The van der Waals surface area contributed by atoms with E-state index < -0.39 is 0 Å². The van der Waals surface area contributed by atoms with E-state index in [0.29, 0.717) is 23.8 Å². The van der Waals surface area contributed by atoms with Crippen LogP contribution in [0.5, 0.6) is 0 Å². The molecule has 0 aliphatic carbocycles. The van der Waals surface area contributed by atoms with E-state index in [1.807, 2.05) is 15.5 Å². The lowest BCUT2D eigenvalue weighted by Crippen LogP contribution is -2.44. The molecule has 2 aliphatic heterocycles. The van der Waals surface area contributed by atoms with Crippen molar-refractivity contribution in [1.82, 2.24) is 19.8 Å². The average Bonchev–Trinajstić information content (AvgIpc) is 3.39. The van der Waals surface area contributed by atoms with Gasteiger partial charge >= 0.3 is 0 Å². The second-order valence-electron chi connectivity index (χ2n) is 7.66. The predicted octanol–water partition coefficient (Wildman–Crippen LogP) is 3.15. The van der Waals surface area contributed by atoms with Gasteiger partial charge < -0.3 is 19.2 Å². The third-order valence-electron chi connectivity index (χ3n) is 5.89. The zero-order chi connectivity index (χ0) is 19.5. The predicted molar refractivity (Wildman–Crippen MR) is 104 cm³/mol. The minimum atomic E-state index is -0.260. The fraction of sp³-hybridized carbons (Fsp3) is 0.571. The molecule has 1 unspecified atom stereocenters. The van der Waals surface area contributed by atoms with E-state index >= 15 is 0 Å². The molecule has 0 radical (unpaired) electrons. The summed E-state index contributed by atoms with van der Waals surface area (Å²) in [6.07, 6.45) is 8.61. The van der Waals surface area contributed by atoms with Gasteiger partial charge in [-0.05, 0) is 57.1 Å². The molecule has 0 aromatic carbocycles. The van der Waals surface area contributed by atoms with Crippen LogP contribution < -0.4 is 5.32 Å². The largest absolute Gasteiger partial charge is 0.467 e. The second kappa shape index (κ2) is 8.20. The Balaban J connectivity index is 1.59. The Morgan fingerprint density at radius 1 is 1.25 bits per heavy atom. The third-order valence-corrected chi connectivity index (χ3v) is 5.89. The second-order valence-corrected chi connectivity index (χ2v) is 7.66. The smallest absolute Gasteiger partial charge is 0.287 e. The number of nitrogens with zero attached hydrogens (tertiary/aromatic N) is 3. The van der Waals surface area contributed by atoms with Gasteiger partial charge in [-0.25, -0.2) is 4.98 Å². The van der Waals surface area contributed by atoms with Crippen molar-refractivity contribution in [2.24, 2.45) is 0 Å². The highest BCUT2D eigenvalue weighted by Crippen LogP contribution is 2.26. The first-order valence-electron chi connectivity index (χ1n) is 10.4. The number of likely N-dealkylation sites (tertiary alicyclic amines) is 1. The molecule has 150 valence electrons. The summed E-state index contributed by atoms with van der Waals surface area (Å²) in [6, 6.07) is 3.88. The number of hydrogen-bond acceptors (Lipinski definition) is 4. The van der Waals surface area contributed by atoms with E-state index in [4.69, 9.17) is 4.42 Å². The Kier molecular flexibility index (Phi) is 5.50. The topological polar surface area (TPSA) is 80.4 Å². The van der Waals surface area contributed by atoms with Crippen molar-refractivity contribution in [2.75, 3.05) is 6.54 Å². The maximum Gasteiger partial charge on any atom is 0.287 e. The molecule has 28 heavy (non-hydrogen) atoms. The summed E-state index contributed by atoms with van der Waals surface area (Å²) >= 11 is 0. The van der Waals surface area contributed by atoms with Crippen LogP contribution in [0.1, 0.15) is 78.0 Å². The summed E-state index contributed by atoms with van der Waals surface area (Å²) in [5.41, 5.74) is 1.39. The normalized spacial score (nSPS) is 19.3. The molecule has 2 aromatic rings. The number of carbonyl (C=O) groups is 2. The lowest BCUT2D eigenvalue weighted by atomic mass is 9.99. The van der Waals surface area contributed by atoms with Crippen LogP contribution in [-0.4, -0.2) is 38.9 Å². The van der Waals surface area contributed by atoms with E-state index in [2.05, 4.69) is 17.2 Å². The molecule has 7 nitrogen and oxygen atoms in total. The molecule has 2 amide bonds. The van der Waals surface area contributed by atoms with Gasteiger partial charge in [0.25, 0.3) is 11.8 Å². The minimum absolute atomic E-state index is 0.0118. The lowest BCUT2D eigenvalue weighted by Gasteiger charge is -2.35. The Bertz CT molecular complexity index is 840. The van der Waals surface area contributed by atoms with Crippen LogP contribution in [0.2, 0.25) is 0 Å². The van der Waals surface area contributed by atoms with Gasteiger partial charge in [-0.3, -0.25) is 9.59 Å². The standard InChI is InChI=1S/C21H28N4O3/c1-2-15-8-3-5-11-24(15)21(27)18-17-10-4-6-12-25(17)19(23-18)20(26)22-14-16-9-7-13-28-16/h7,9,13,15H,2-6,8,10-12,14H2,1H3,(H,22,26). The molecule has 0 saturated carbocycles. The van der Waals surface area contributed by atoms with Crippen molar-refractivity contribution in [2.45, 2.75) is 71.0 Å². The summed E-state index contributed by atoms with van der Waals surface area (Å²) in [6.45, 7) is 3.95. The van der Waals surface area contributed by atoms with Crippen LogP contribution in [0.15, 0.2) is 22.8 Å². The Morgan fingerprint density at radius 3 is 2.89 bits per heavy atom. The summed E-state index contributed by atoms with van der Waals surface area (Å²) in [7, 11) is 0. The highest BCUT2D eigenvalue weighted by molar-refractivity contribution is 5.97. The van der Waals surface area contributed by atoms with Gasteiger partial charge in [0.1, 0.15) is 11.5 Å². The Labute approximate surface area is 165 Å². The van der Waals surface area contributed by atoms with Gasteiger partial charge in [-0.15, -0.1) is 0 Å². The summed E-state index contributed by atoms with van der Waals surface area (Å²) < 4.78 is 7.22. The maximum atomic E-state index is 13.3. The van der Waals surface area contributed by atoms with Crippen LogP contribution in [0.4, 0.5) is 0 Å². The number of nitrogens with one attached hydrogen (secondary N) is 1. The summed E-state index contributed by atoms with van der Waals surface area (Å²) in [5.74, 6) is 0.760. The highest BCUT2D eigenvalue weighted by Gasteiger charge is 2.33. The highest BCUT2D eigenvalue weighted by atomic mass is 16.3. The summed E-state index contributed by atoms with van der Waals surface area (Å²) in [5, 5.41) is 2.86. The van der Waals surface area contributed by atoms with Crippen molar-refractivity contribution in [3.63, 3.8) is 0 Å². The number of furan rings is 1. The zero-order valence-electron chi connectivity index (χ0n) is 16.4. The average molecular weight is 384 g/mol. The fourth-order valence-electron chi connectivity index (χ4n) is 4.38. The van der Waals surface area contributed by atoms with Crippen molar-refractivity contribution in [3.8, 4) is 0 Å². The lowest BCUT2D eigenvalue weighted by molar-refractivity contribution is 0.0600. The SMILES string of the molecule is CCC1CCCCN1C(=O)c1nc(C(=O)NCc2ccco2)n2c1CCCC2. The van der Waals surface area contributed by atoms with Crippen LogP contribution in [0.25, 0.3) is 0 Å². The Morgan fingerprint density at radius 2 is 2.11 bits per heavy atom. The monoisotopic (exact) mass is 384 g/mol. The van der Waals surface area contributed by atoms with Crippen molar-refractivity contribution in [1.29, 1.82) is 0 Å². The van der Waals surface area contributed by atoms with Crippen molar-refractivity contribution >= 4 is 11.8 Å². The molecule has 1 fully saturated rings. The molecule has 0 spiro atoms. The number of hydrogen-bond donors (Lipinski definition) is 1. The number of aromatic nitrogens is 2. The number of fused-ring (bicyclic) bond motifs is 1. The zero-order valence-corrected chi connectivity index (χ0v) is 16.4. The molecular weight excluding hydrogens is 356 g/mol. The molecule has 2 aromatic heterocycles. The number of rotatable bonds is 5. The first-order chi connectivity index (χ1) is 13.7. The van der Waals surface area contributed by atoms with E-state index in [-0.39, 0.29) is 17.9 Å². The van der Waals surface area contributed by atoms with Gasteiger partial charge in [-0.2, -0.15) is 0 Å².